The summed E-state index contributed by atoms with van der Waals surface area (Å²) in [6, 6.07) is 17.8. The molecular formula is C25H26ClNO4. The van der Waals surface area contributed by atoms with Crippen LogP contribution in [-0.2, 0) is 13.2 Å². The van der Waals surface area contributed by atoms with Crippen LogP contribution in [0.1, 0.15) is 23.6 Å². The molecule has 1 aliphatic rings. The van der Waals surface area contributed by atoms with Gasteiger partial charge in [-0.05, 0) is 43.2 Å². The Bertz CT molecular complexity index is 1050. The molecule has 0 fully saturated rings. The first-order valence-electron chi connectivity index (χ1n) is 10.4. The van der Waals surface area contributed by atoms with Crippen molar-refractivity contribution in [1.82, 2.24) is 0 Å². The number of halogens is 1. The molecule has 6 heteroatoms. The fourth-order valence-electron chi connectivity index (χ4n) is 3.41. The summed E-state index contributed by atoms with van der Waals surface area (Å²) in [5.41, 5.74) is 4.15. The molecule has 0 spiro atoms. The Balaban J connectivity index is 1.47. The molecular weight excluding hydrogens is 414 g/mol. The van der Waals surface area contributed by atoms with Gasteiger partial charge in [-0.1, -0.05) is 41.4 Å². The molecule has 0 saturated carbocycles. The predicted octanol–water partition coefficient (Wildman–Crippen LogP) is 6.01. The monoisotopic (exact) mass is 439 g/mol. The van der Waals surface area contributed by atoms with Gasteiger partial charge in [-0.15, -0.1) is 0 Å². The number of fused-ring (bicyclic) bond motifs is 1. The number of hydrogen-bond donors (Lipinski definition) is 1. The summed E-state index contributed by atoms with van der Waals surface area (Å²) in [5.74, 6) is 2.83. The number of nitrogens with one attached hydrogen (secondary N) is 1. The van der Waals surface area contributed by atoms with Crippen LogP contribution < -0.4 is 24.3 Å². The molecule has 4 rings (SSSR count). The molecule has 0 aromatic heterocycles. The van der Waals surface area contributed by atoms with E-state index in [1.807, 2.05) is 49.4 Å². The van der Waals surface area contributed by atoms with Gasteiger partial charge in [-0.2, -0.15) is 0 Å². The minimum Gasteiger partial charge on any atom is -0.490 e. The number of rotatable bonds is 8. The van der Waals surface area contributed by atoms with Gasteiger partial charge in [-0.3, -0.25) is 0 Å². The van der Waals surface area contributed by atoms with Gasteiger partial charge in [0.2, 0.25) is 0 Å². The van der Waals surface area contributed by atoms with Gasteiger partial charge in [0, 0.05) is 29.4 Å². The van der Waals surface area contributed by atoms with E-state index in [4.69, 9.17) is 30.5 Å². The van der Waals surface area contributed by atoms with Crippen molar-refractivity contribution in [3.8, 4) is 23.0 Å². The lowest BCUT2D eigenvalue weighted by Gasteiger charge is -2.19. The Hall–Kier alpha value is -3.05. The zero-order valence-corrected chi connectivity index (χ0v) is 18.5. The number of aryl methyl sites for hydroxylation is 1. The van der Waals surface area contributed by atoms with Crippen LogP contribution in [0, 0.1) is 6.92 Å². The Morgan fingerprint density at radius 2 is 1.74 bits per heavy atom. The summed E-state index contributed by atoms with van der Waals surface area (Å²) < 4.78 is 23.1. The van der Waals surface area contributed by atoms with Crippen molar-refractivity contribution in [2.24, 2.45) is 0 Å². The number of ether oxygens (including phenoxy) is 4. The van der Waals surface area contributed by atoms with Crippen LogP contribution in [0.5, 0.6) is 23.0 Å². The van der Waals surface area contributed by atoms with Gasteiger partial charge in [-0.25, -0.2) is 0 Å². The molecule has 0 saturated heterocycles. The van der Waals surface area contributed by atoms with Crippen molar-refractivity contribution < 1.29 is 18.9 Å². The van der Waals surface area contributed by atoms with E-state index in [0.29, 0.717) is 49.5 Å². The summed E-state index contributed by atoms with van der Waals surface area (Å²) in [4.78, 5) is 0. The highest BCUT2D eigenvalue weighted by Crippen LogP contribution is 2.36. The number of anilines is 1. The maximum Gasteiger partial charge on any atom is 0.163 e. The van der Waals surface area contributed by atoms with Gasteiger partial charge in [0.05, 0.1) is 6.61 Å². The van der Waals surface area contributed by atoms with Crippen LogP contribution >= 0.6 is 11.6 Å². The molecule has 1 N–H and O–H groups in total. The van der Waals surface area contributed by atoms with E-state index >= 15 is 0 Å². The third kappa shape index (κ3) is 5.36. The quantitative estimate of drug-likeness (QED) is 0.465. The molecule has 31 heavy (non-hydrogen) atoms. The molecule has 0 unspecified atom stereocenters. The lowest BCUT2D eigenvalue weighted by molar-refractivity contribution is 0.171. The second-order valence-corrected chi connectivity index (χ2v) is 7.72. The minimum atomic E-state index is 0.451. The van der Waals surface area contributed by atoms with Crippen LogP contribution in [0.3, 0.4) is 0 Å². The fraction of sp³-hybridized carbons (Fsp3) is 0.280. The topological polar surface area (TPSA) is 49.0 Å². The molecule has 0 amide bonds. The lowest BCUT2D eigenvalue weighted by Crippen LogP contribution is -2.15. The molecule has 1 heterocycles. The Kier molecular flexibility index (Phi) is 6.73. The number of benzene rings is 3. The van der Waals surface area contributed by atoms with E-state index in [0.717, 1.165) is 28.3 Å². The van der Waals surface area contributed by atoms with Crippen LogP contribution in [0.4, 0.5) is 5.69 Å². The van der Waals surface area contributed by atoms with E-state index in [2.05, 4.69) is 24.4 Å². The maximum absolute atomic E-state index is 6.57. The van der Waals surface area contributed by atoms with Crippen molar-refractivity contribution in [2.45, 2.75) is 27.0 Å². The SMILES string of the molecule is CCOc1cc(CNc2ccc3c(c2)OCCO3)c(Cl)cc1OCc1cccc(C)c1. The first-order valence-corrected chi connectivity index (χ1v) is 10.8. The third-order valence-corrected chi connectivity index (χ3v) is 5.27. The lowest BCUT2D eigenvalue weighted by atomic mass is 10.1. The smallest absolute Gasteiger partial charge is 0.163 e. The Labute approximate surface area is 187 Å². The van der Waals surface area contributed by atoms with Crippen LogP contribution in [-0.4, -0.2) is 19.8 Å². The Morgan fingerprint density at radius 3 is 2.55 bits per heavy atom. The summed E-state index contributed by atoms with van der Waals surface area (Å²) in [6.07, 6.45) is 0. The fourth-order valence-corrected chi connectivity index (χ4v) is 3.63. The normalized spacial score (nSPS) is 12.4. The van der Waals surface area contributed by atoms with Gasteiger partial charge in [0.1, 0.15) is 19.8 Å². The minimum absolute atomic E-state index is 0.451. The first kappa shape index (κ1) is 21.2. The van der Waals surface area contributed by atoms with Crippen molar-refractivity contribution in [1.29, 1.82) is 0 Å². The largest absolute Gasteiger partial charge is 0.490 e. The highest BCUT2D eigenvalue weighted by Gasteiger charge is 2.14. The standard InChI is InChI=1S/C25H26ClNO4/c1-3-28-23-12-19(15-27-20-7-8-22-24(13-20)30-10-9-29-22)21(26)14-25(23)31-16-18-6-4-5-17(2)11-18/h4-8,11-14,27H,3,9-10,15-16H2,1-2H3. The van der Waals surface area contributed by atoms with E-state index in [-0.39, 0.29) is 0 Å². The number of hydrogen-bond acceptors (Lipinski definition) is 5. The van der Waals surface area contributed by atoms with Crippen LogP contribution in [0.15, 0.2) is 54.6 Å². The second kappa shape index (κ2) is 9.84. The van der Waals surface area contributed by atoms with E-state index in [1.54, 1.807) is 0 Å². The average molecular weight is 440 g/mol. The Morgan fingerprint density at radius 1 is 0.935 bits per heavy atom. The molecule has 5 nitrogen and oxygen atoms in total. The maximum atomic E-state index is 6.57. The molecule has 3 aromatic rings. The van der Waals surface area contributed by atoms with Crippen LogP contribution in [0.25, 0.3) is 0 Å². The zero-order valence-electron chi connectivity index (χ0n) is 17.7. The summed E-state index contributed by atoms with van der Waals surface area (Å²) in [6.45, 7) is 6.68. The van der Waals surface area contributed by atoms with Gasteiger partial charge in [0.25, 0.3) is 0 Å². The highest BCUT2D eigenvalue weighted by molar-refractivity contribution is 6.31. The predicted molar refractivity (Wildman–Crippen MR) is 123 cm³/mol. The summed E-state index contributed by atoms with van der Waals surface area (Å²) in [5, 5.41) is 4.01. The van der Waals surface area contributed by atoms with Crippen molar-refractivity contribution in [3.63, 3.8) is 0 Å². The van der Waals surface area contributed by atoms with E-state index in [1.165, 1.54) is 5.56 Å². The first-order chi connectivity index (χ1) is 15.1. The van der Waals surface area contributed by atoms with Gasteiger partial charge in [0.15, 0.2) is 23.0 Å². The van der Waals surface area contributed by atoms with Crippen LogP contribution in [0.2, 0.25) is 5.02 Å². The molecule has 0 radical (unpaired) electrons. The van der Waals surface area contributed by atoms with Crippen molar-refractivity contribution in [3.05, 3.63) is 76.3 Å². The molecule has 162 valence electrons. The third-order valence-electron chi connectivity index (χ3n) is 4.91. The molecule has 3 aromatic carbocycles. The van der Waals surface area contributed by atoms with Gasteiger partial charge >= 0.3 is 0 Å². The van der Waals surface area contributed by atoms with Gasteiger partial charge < -0.3 is 24.3 Å². The van der Waals surface area contributed by atoms with E-state index < -0.39 is 0 Å². The van der Waals surface area contributed by atoms with E-state index in [9.17, 15) is 0 Å². The highest BCUT2D eigenvalue weighted by atomic mass is 35.5. The van der Waals surface area contributed by atoms with Crippen molar-refractivity contribution >= 4 is 17.3 Å². The summed E-state index contributed by atoms with van der Waals surface area (Å²) in [7, 11) is 0. The average Bonchev–Trinajstić information content (AvgIpc) is 2.78. The molecule has 0 atom stereocenters. The van der Waals surface area contributed by atoms with Crippen molar-refractivity contribution in [2.75, 3.05) is 25.1 Å². The molecule has 0 bridgehead atoms. The molecule has 0 aliphatic carbocycles. The zero-order chi connectivity index (χ0) is 21.6. The second-order valence-electron chi connectivity index (χ2n) is 7.31. The summed E-state index contributed by atoms with van der Waals surface area (Å²) >= 11 is 6.57. The molecule has 1 aliphatic heterocycles.